The molecule has 30 heavy (non-hydrogen) atoms. The number of rotatable bonds is 8. The maximum atomic E-state index is 11.6. The van der Waals surface area contributed by atoms with Crippen molar-refractivity contribution in [2.75, 3.05) is 33.2 Å². The summed E-state index contributed by atoms with van der Waals surface area (Å²) in [7, 11) is 1.71. The molecule has 2 aromatic rings. The van der Waals surface area contributed by atoms with Crippen LogP contribution in [0.5, 0.6) is 0 Å². The van der Waals surface area contributed by atoms with Crippen LogP contribution in [0.15, 0.2) is 47.7 Å². The Labute approximate surface area is 179 Å². The molecule has 1 aromatic heterocycles. The van der Waals surface area contributed by atoms with E-state index in [9.17, 15) is 4.79 Å². The van der Waals surface area contributed by atoms with Gasteiger partial charge in [0.25, 0.3) is 0 Å². The highest BCUT2D eigenvalue weighted by molar-refractivity contribution is 5.80. The molecule has 0 bridgehead atoms. The minimum atomic E-state index is 0.139. The van der Waals surface area contributed by atoms with Crippen LogP contribution in [-0.2, 0) is 17.8 Å². The molecular weight excluding hydrogens is 376 g/mol. The molecule has 0 saturated carbocycles. The summed E-state index contributed by atoms with van der Waals surface area (Å²) in [6.07, 6.45) is 7.39. The number of carbonyl (C=O) groups is 1. The Morgan fingerprint density at radius 3 is 2.70 bits per heavy atom. The number of hydrogen-bond acceptors (Lipinski definition) is 3. The van der Waals surface area contributed by atoms with Gasteiger partial charge in [-0.2, -0.15) is 0 Å². The topological polar surface area (TPSA) is 74.5 Å². The normalized spacial score (nSPS) is 15.3. The van der Waals surface area contributed by atoms with E-state index in [1.807, 2.05) is 18.5 Å². The van der Waals surface area contributed by atoms with E-state index in [1.54, 1.807) is 7.05 Å². The van der Waals surface area contributed by atoms with Gasteiger partial charge in [0.05, 0.1) is 0 Å². The number of benzene rings is 1. The van der Waals surface area contributed by atoms with Crippen molar-refractivity contribution in [2.45, 2.75) is 39.2 Å². The van der Waals surface area contributed by atoms with Crippen LogP contribution in [0.25, 0.3) is 0 Å². The maximum Gasteiger partial charge on any atom is 0.220 e. The second kappa shape index (κ2) is 11.4. The highest BCUT2D eigenvalue weighted by atomic mass is 16.1. The summed E-state index contributed by atoms with van der Waals surface area (Å²) in [6.45, 7) is 6.36. The van der Waals surface area contributed by atoms with E-state index in [1.165, 1.54) is 5.56 Å². The summed E-state index contributed by atoms with van der Waals surface area (Å²) in [5.41, 5.74) is 1.27. The Morgan fingerprint density at radius 2 is 2.00 bits per heavy atom. The van der Waals surface area contributed by atoms with Crippen LogP contribution < -0.4 is 10.6 Å². The molecule has 0 atom stereocenters. The molecule has 1 fully saturated rings. The van der Waals surface area contributed by atoms with Crippen LogP contribution in [0.1, 0.15) is 37.6 Å². The Bertz CT molecular complexity index is 808. The predicted molar refractivity (Wildman–Crippen MR) is 120 cm³/mol. The summed E-state index contributed by atoms with van der Waals surface area (Å²) in [5, 5.41) is 6.15. The molecule has 162 valence electrons. The van der Waals surface area contributed by atoms with Crippen molar-refractivity contribution in [3.05, 3.63) is 54.1 Å². The molecule has 1 aliphatic rings. The molecule has 1 amide bonds. The Kier molecular flexibility index (Phi) is 8.30. The molecule has 1 aliphatic heterocycles. The number of hydrogen-bond donors (Lipinski definition) is 2. The number of amides is 1. The van der Waals surface area contributed by atoms with E-state index in [0.29, 0.717) is 18.9 Å². The number of carbonyl (C=O) groups excluding carboxylic acids is 1. The van der Waals surface area contributed by atoms with Crippen LogP contribution in [0.3, 0.4) is 0 Å². The Hall–Kier alpha value is -2.83. The van der Waals surface area contributed by atoms with Crippen molar-refractivity contribution < 1.29 is 4.79 Å². The van der Waals surface area contributed by atoms with Crippen LogP contribution in [0.2, 0.25) is 0 Å². The molecule has 2 N–H and O–H groups in total. The molecule has 0 unspecified atom stereocenters. The van der Waals surface area contributed by atoms with E-state index in [-0.39, 0.29) is 5.91 Å². The van der Waals surface area contributed by atoms with E-state index in [0.717, 1.165) is 57.2 Å². The molecule has 7 heteroatoms. The number of likely N-dealkylation sites (tertiary alicyclic amines) is 1. The minimum absolute atomic E-state index is 0.139. The highest BCUT2D eigenvalue weighted by Crippen LogP contribution is 2.20. The third-order valence-corrected chi connectivity index (χ3v) is 5.60. The van der Waals surface area contributed by atoms with Gasteiger partial charge in [0.15, 0.2) is 5.96 Å². The fourth-order valence-corrected chi connectivity index (χ4v) is 3.89. The molecule has 7 nitrogen and oxygen atoms in total. The number of imidazole rings is 1. The van der Waals surface area contributed by atoms with E-state index >= 15 is 0 Å². The molecule has 0 aliphatic carbocycles. The maximum absolute atomic E-state index is 11.6. The molecule has 1 aromatic carbocycles. The molecule has 1 saturated heterocycles. The van der Waals surface area contributed by atoms with Crippen molar-refractivity contribution in [3.63, 3.8) is 0 Å². The number of piperidine rings is 1. The highest BCUT2D eigenvalue weighted by Gasteiger charge is 2.23. The van der Waals surface area contributed by atoms with Gasteiger partial charge >= 0.3 is 0 Å². The summed E-state index contributed by atoms with van der Waals surface area (Å²) < 4.78 is 2.20. The first-order chi connectivity index (χ1) is 14.7. The smallest absolute Gasteiger partial charge is 0.220 e. The largest absolute Gasteiger partial charge is 0.359 e. The first-order valence-electron chi connectivity index (χ1n) is 11.0. The van der Waals surface area contributed by atoms with E-state index in [4.69, 9.17) is 4.99 Å². The molecule has 3 rings (SSSR count). The number of aromatic nitrogens is 2. The van der Waals surface area contributed by atoms with Gasteiger partial charge in [-0.25, -0.2) is 4.98 Å². The molecule has 0 spiro atoms. The van der Waals surface area contributed by atoms with Crippen molar-refractivity contribution >= 4 is 11.9 Å². The van der Waals surface area contributed by atoms with Crippen molar-refractivity contribution in [2.24, 2.45) is 10.9 Å². The SMILES string of the molecule is CCNC(=NCCc1nccn1Cc1ccccc1)N1CCC(CC(=O)NC)CC1. The molecule has 2 heterocycles. The fraction of sp³-hybridized carbons (Fsp3) is 0.522. The van der Waals surface area contributed by atoms with Gasteiger partial charge in [-0.05, 0) is 31.2 Å². The second-order valence-corrected chi connectivity index (χ2v) is 7.75. The van der Waals surface area contributed by atoms with Crippen molar-refractivity contribution in [3.8, 4) is 0 Å². The Morgan fingerprint density at radius 1 is 1.23 bits per heavy atom. The average Bonchev–Trinajstić information content (AvgIpc) is 3.21. The summed E-state index contributed by atoms with van der Waals surface area (Å²) >= 11 is 0. The van der Waals surface area contributed by atoms with E-state index < -0.39 is 0 Å². The van der Waals surface area contributed by atoms with Crippen LogP contribution in [0.4, 0.5) is 0 Å². The fourth-order valence-electron chi connectivity index (χ4n) is 3.89. The first kappa shape index (κ1) is 21.9. The zero-order chi connectivity index (χ0) is 21.2. The van der Waals surface area contributed by atoms with Crippen LogP contribution in [0, 0.1) is 5.92 Å². The lowest BCUT2D eigenvalue weighted by Gasteiger charge is -2.34. The second-order valence-electron chi connectivity index (χ2n) is 7.75. The minimum Gasteiger partial charge on any atom is -0.359 e. The summed E-state index contributed by atoms with van der Waals surface area (Å²) in [4.78, 5) is 23.3. The lowest BCUT2D eigenvalue weighted by Crippen LogP contribution is -2.46. The van der Waals surface area contributed by atoms with Gasteiger partial charge in [0.2, 0.25) is 5.91 Å². The zero-order valence-electron chi connectivity index (χ0n) is 18.2. The van der Waals surface area contributed by atoms with Gasteiger partial charge in [0.1, 0.15) is 5.82 Å². The first-order valence-corrected chi connectivity index (χ1v) is 11.0. The van der Waals surface area contributed by atoms with Gasteiger partial charge in [-0.1, -0.05) is 30.3 Å². The van der Waals surface area contributed by atoms with Crippen LogP contribution in [-0.4, -0.2) is 59.5 Å². The molecule has 0 radical (unpaired) electrons. The lowest BCUT2D eigenvalue weighted by molar-refractivity contribution is -0.121. The monoisotopic (exact) mass is 410 g/mol. The van der Waals surface area contributed by atoms with E-state index in [2.05, 4.69) is 56.3 Å². The zero-order valence-corrected chi connectivity index (χ0v) is 18.2. The van der Waals surface area contributed by atoms with Gasteiger partial charge in [-0.15, -0.1) is 0 Å². The number of nitrogens with one attached hydrogen (secondary N) is 2. The number of nitrogens with zero attached hydrogens (tertiary/aromatic N) is 4. The predicted octanol–water partition coefficient (Wildman–Crippen LogP) is 2.29. The third-order valence-electron chi connectivity index (χ3n) is 5.60. The summed E-state index contributed by atoms with van der Waals surface area (Å²) in [5.74, 6) is 2.63. The van der Waals surface area contributed by atoms with Gasteiger partial charge in [0, 0.05) is 65.0 Å². The van der Waals surface area contributed by atoms with Crippen molar-refractivity contribution in [1.29, 1.82) is 0 Å². The number of guanidine groups is 1. The number of aliphatic imine (C=N–C) groups is 1. The van der Waals surface area contributed by atoms with Gasteiger partial charge < -0.3 is 20.1 Å². The standard InChI is InChI=1S/C23H34N6O/c1-3-25-23(28-14-10-19(11-15-28)17-22(30)24-2)27-12-9-21-26-13-16-29(21)18-20-7-5-4-6-8-20/h4-8,13,16,19H,3,9-12,14-15,17-18H2,1-2H3,(H,24,30)(H,25,27). The third kappa shape index (κ3) is 6.34. The molecular formula is C23H34N6O. The summed E-state index contributed by atoms with van der Waals surface area (Å²) in [6, 6.07) is 10.4. The quantitative estimate of drug-likeness (QED) is 0.517. The average molecular weight is 411 g/mol. The van der Waals surface area contributed by atoms with Crippen LogP contribution >= 0.6 is 0 Å². The Balaban J connectivity index is 1.54. The van der Waals surface area contributed by atoms with Crippen molar-refractivity contribution in [1.82, 2.24) is 25.1 Å². The lowest BCUT2D eigenvalue weighted by atomic mass is 9.93. The van der Waals surface area contributed by atoms with Gasteiger partial charge in [-0.3, -0.25) is 9.79 Å².